The van der Waals surface area contributed by atoms with Crippen molar-refractivity contribution in [1.82, 2.24) is 15.3 Å². The summed E-state index contributed by atoms with van der Waals surface area (Å²) in [6, 6.07) is 14.3. The minimum atomic E-state index is -0.237. The second-order valence-electron chi connectivity index (χ2n) is 6.92. The van der Waals surface area contributed by atoms with Crippen LogP contribution in [-0.4, -0.2) is 29.0 Å². The van der Waals surface area contributed by atoms with Crippen LogP contribution < -0.4 is 11.1 Å². The average Bonchev–Trinajstić information content (AvgIpc) is 3.23. The number of hydrogen-bond acceptors (Lipinski definition) is 2. The Hall–Kier alpha value is -2.86. The minimum Gasteiger partial charge on any atom is -0.370 e. The lowest BCUT2D eigenvalue weighted by Gasteiger charge is -2.16. The normalized spacial score (nSPS) is 12.7. The molecule has 0 bridgehead atoms. The number of guanidine groups is 1. The van der Waals surface area contributed by atoms with Gasteiger partial charge in [-0.1, -0.05) is 35.9 Å². The molecule has 152 valence electrons. The van der Waals surface area contributed by atoms with E-state index in [1.54, 1.807) is 18.5 Å². The van der Waals surface area contributed by atoms with Gasteiger partial charge in [0.2, 0.25) is 0 Å². The van der Waals surface area contributed by atoms with Crippen molar-refractivity contribution in [2.75, 3.05) is 13.1 Å². The molecule has 3 rings (SSSR count). The number of halogens is 2. The lowest BCUT2D eigenvalue weighted by atomic mass is 9.92. The summed E-state index contributed by atoms with van der Waals surface area (Å²) in [4.78, 5) is 11.6. The highest BCUT2D eigenvalue weighted by Gasteiger charge is 2.13. The van der Waals surface area contributed by atoms with E-state index in [1.165, 1.54) is 6.07 Å². The van der Waals surface area contributed by atoms with E-state index in [1.807, 2.05) is 36.5 Å². The quantitative estimate of drug-likeness (QED) is 0.281. The number of aromatic amines is 1. The fourth-order valence-electron chi connectivity index (χ4n) is 3.15. The molecule has 2 aromatic carbocycles. The van der Waals surface area contributed by atoms with E-state index >= 15 is 0 Å². The van der Waals surface area contributed by atoms with E-state index < -0.39 is 0 Å². The number of rotatable bonds is 9. The van der Waals surface area contributed by atoms with Gasteiger partial charge in [0.05, 0.1) is 6.33 Å². The largest absolute Gasteiger partial charge is 0.370 e. The van der Waals surface area contributed by atoms with E-state index in [2.05, 4.69) is 20.3 Å². The minimum absolute atomic E-state index is 0.0689. The SMILES string of the molecule is NC(=NCC(Cc1cccc(F)c1)c1ccc(Cl)cc1)NCCCc1cnc[nH]1. The van der Waals surface area contributed by atoms with Crippen LogP contribution in [0.2, 0.25) is 5.02 Å². The zero-order valence-corrected chi connectivity index (χ0v) is 16.9. The summed E-state index contributed by atoms with van der Waals surface area (Å²) in [5.74, 6) is 0.242. The lowest BCUT2D eigenvalue weighted by molar-refractivity contribution is 0.620. The molecule has 0 aliphatic carbocycles. The molecule has 4 N–H and O–H groups in total. The number of aliphatic imine (C=N–C) groups is 1. The van der Waals surface area contributed by atoms with Gasteiger partial charge in [0.1, 0.15) is 5.82 Å². The van der Waals surface area contributed by atoms with Crippen molar-refractivity contribution >= 4 is 17.6 Å². The Labute approximate surface area is 175 Å². The third-order valence-corrected chi connectivity index (χ3v) is 4.93. The number of aryl methyl sites for hydroxylation is 1. The van der Waals surface area contributed by atoms with Crippen molar-refractivity contribution in [2.24, 2.45) is 10.7 Å². The van der Waals surface area contributed by atoms with E-state index in [0.29, 0.717) is 23.9 Å². The molecule has 7 heteroatoms. The van der Waals surface area contributed by atoms with E-state index in [9.17, 15) is 4.39 Å². The highest BCUT2D eigenvalue weighted by molar-refractivity contribution is 6.30. The number of benzene rings is 2. The first-order valence-corrected chi connectivity index (χ1v) is 9.99. The predicted octanol–water partition coefficient (Wildman–Crippen LogP) is 4.07. The van der Waals surface area contributed by atoms with E-state index in [4.69, 9.17) is 17.3 Å². The summed E-state index contributed by atoms with van der Waals surface area (Å²) in [7, 11) is 0. The average molecular weight is 414 g/mol. The van der Waals surface area contributed by atoms with Crippen LogP contribution in [-0.2, 0) is 12.8 Å². The first-order chi connectivity index (χ1) is 14.1. The molecule has 0 fully saturated rings. The first kappa shape index (κ1) is 20.9. The summed E-state index contributed by atoms with van der Waals surface area (Å²) >= 11 is 6.02. The Bertz CT molecular complexity index is 909. The summed E-state index contributed by atoms with van der Waals surface area (Å²) in [5.41, 5.74) is 9.15. The smallest absolute Gasteiger partial charge is 0.188 e. The molecule has 1 atom stereocenters. The summed E-state index contributed by atoms with van der Waals surface area (Å²) in [5, 5.41) is 3.83. The fraction of sp³-hybridized carbons (Fsp3) is 0.273. The van der Waals surface area contributed by atoms with Gasteiger partial charge in [-0.2, -0.15) is 0 Å². The van der Waals surface area contributed by atoms with Gasteiger partial charge in [-0.25, -0.2) is 9.37 Å². The van der Waals surface area contributed by atoms with Crippen LogP contribution in [0.4, 0.5) is 4.39 Å². The zero-order valence-electron chi connectivity index (χ0n) is 16.1. The molecular formula is C22H25ClFN5. The Balaban J connectivity index is 1.59. The van der Waals surface area contributed by atoms with Crippen LogP contribution in [0.1, 0.15) is 29.2 Å². The van der Waals surface area contributed by atoms with Crippen molar-refractivity contribution < 1.29 is 4.39 Å². The van der Waals surface area contributed by atoms with E-state index in [0.717, 1.165) is 36.2 Å². The van der Waals surface area contributed by atoms with Crippen molar-refractivity contribution in [3.05, 3.63) is 88.7 Å². The number of aromatic nitrogens is 2. The van der Waals surface area contributed by atoms with Gasteiger partial charge in [0.25, 0.3) is 0 Å². The molecule has 0 aliphatic heterocycles. The van der Waals surface area contributed by atoms with Gasteiger partial charge in [0.15, 0.2) is 5.96 Å². The fourth-order valence-corrected chi connectivity index (χ4v) is 3.28. The molecule has 5 nitrogen and oxygen atoms in total. The number of imidazole rings is 1. The number of hydrogen-bond donors (Lipinski definition) is 3. The number of nitrogens with two attached hydrogens (primary N) is 1. The summed E-state index contributed by atoms with van der Waals surface area (Å²) in [6.45, 7) is 1.22. The van der Waals surface area contributed by atoms with Crippen LogP contribution >= 0.6 is 11.6 Å². The molecule has 0 radical (unpaired) electrons. The highest BCUT2D eigenvalue weighted by atomic mass is 35.5. The third kappa shape index (κ3) is 6.91. The summed E-state index contributed by atoms with van der Waals surface area (Å²) < 4.78 is 13.6. The van der Waals surface area contributed by atoms with Gasteiger partial charge < -0.3 is 16.0 Å². The van der Waals surface area contributed by atoms with Gasteiger partial charge in [-0.05, 0) is 54.7 Å². The maximum atomic E-state index is 13.6. The molecule has 0 saturated heterocycles. The van der Waals surface area contributed by atoms with Crippen molar-refractivity contribution in [3.8, 4) is 0 Å². The van der Waals surface area contributed by atoms with Crippen molar-refractivity contribution in [3.63, 3.8) is 0 Å². The van der Waals surface area contributed by atoms with Gasteiger partial charge >= 0.3 is 0 Å². The van der Waals surface area contributed by atoms with Crippen molar-refractivity contribution in [1.29, 1.82) is 0 Å². The zero-order chi connectivity index (χ0) is 20.5. The second-order valence-corrected chi connectivity index (χ2v) is 7.35. The highest BCUT2D eigenvalue weighted by Crippen LogP contribution is 2.23. The van der Waals surface area contributed by atoms with E-state index in [-0.39, 0.29) is 11.7 Å². The first-order valence-electron chi connectivity index (χ1n) is 9.61. The number of H-pyrrole nitrogens is 1. The number of nitrogens with one attached hydrogen (secondary N) is 2. The molecule has 0 amide bonds. The topological polar surface area (TPSA) is 79.1 Å². The van der Waals surface area contributed by atoms with Crippen LogP contribution in [0.15, 0.2) is 66.0 Å². The molecule has 1 aromatic heterocycles. The lowest BCUT2D eigenvalue weighted by Crippen LogP contribution is -2.33. The molecule has 3 aromatic rings. The molecule has 1 unspecified atom stereocenters. The summed E-state index contributed by atoms with van der Waals surface area (Å²) in [6.07, 6.45) is 5.97. The Kier molecular flexibility index (Phi) is 7.64. The maximum Gasteiger partial charge on any atom is 0.188 e. The monoisotopic (exact) mass is 413 g/mol. The third-order valence-electron chi connectivity index (χ3n) is 4.68. The molecule has 1 heterocycles. The van der Waals surface area contributed by atoms with Gasteiger partial charge in [-0.15, -0.1) is 0 Å². The predicted molar refractivity (Wildman–Crippen MR) is 116 cm³/mol. The maximum absolute atomic E-state index is 13.6. The standard InChI is InChI=1S/C22H25ClFN5/c23-19-8-6-17(7-9-19)18(11-16-3-1-4-20(24)12-16)13-28-22(25)27-10-2-5-21-14-26-15-29-21/h1,3-4,6-9,12,14-15,18H,2,5,10-11,13H2,(H,26,29)(H3,25,27,28). The molecule has 0 aliphatic rings. The number of nitrogens with zero attached hydrogens (tertiary/aromatic N) is 2. The molecule has 0 saturated carbocycles. The molecular weight excluding hydrogens is 389 g/mol. The Morgan fingerprint density at radius 1 is 1.24 bits per heavy atom. The van der Waals surface area contributed by atoms with Crippen molar-refractivity contribution in [2.45, 2.75) is 25.2 Å². The second kappa shape index (κ2) is 10.6. The molecule has 29 heavy (non-hydrogen) atoms. The molecule has 0 spiro atoms. The van der Waals surface area contributed by atoms with Gasteiger partial charge in [-0.3, -0.25) is 4.99 Å². The Morgan fingerprint density at radius 3 is 2.79 bits per heavy atom. The van der Waals surface area contributed by atoms with Crippen LogP contribution in [0.3, 0.4) is 0 Å². The van der Waals surface area contributed by atoms with Crippen LogP contribution in [0.5, 0.6) is 0 Å². The van der Waals surface area contributed by atoms with Crippen LogP contribution in [0.25, 0.3) is 0 Å². The van der Waals surface area contributed by atoms with Gasteiger partial charge in [0, 0.05) is 35.9 Å². The van der Waals surface area contributed by atoms with Crippen LogP contribution in [0, 0.1) is 5.82 Å². The Morgan fingerprint density at radius 2 is 2.07 bits per heavy atom.